The molecule has 0 radical (unpaired) electrons. The highest BCUT2D eigenvalue weighted by Gasteiger charge is 2.35. The third-order valence-corrected chi connectivity index (χ3v) is 7.27. The largest absolute Gasteiger partial charge is 0.493 e. The van der Waals surface area contributed by atoms with Crippen LogP contribution in [-0.2, 0) is 20.7 Å². The van der Waals surface area contributed by atoms with Gasteiger partial charge in [-0.25, -0.2) is 4.79 Å². The predicted molar refractivity (Wildman–Crippen MR) is 151 cm³/mol. The number of hydrogen-bond acceptors (Lipinski definition) is 6. The van der Waals surface area contributed by atoms with E-state index in [2.05, 4.69) is 25.1 Å². The third-order valence-electron chi connectivity index (χ3n) is 7.27. The second-order valence-electron chi connectivity index (χ2n) is 10.7. The number of aromatic nitrogens is 2. The Morgan fingerprint density at radius 3 is 2.71 bits per heavy atom. The molecule has 5 rings (SSSR count). The molecular weight excluding hydrogens is 476 g/mol. The van der Waals surface area contributed by atoms with E-state index in [1.807, 2.05) is 59.0 Å². The summed E-state index contributed by atoms with van der Waals surface area (Å²) in [7, 11) is 0. The Bertz CT molecular complexity index is 1520. The first-order valence-corrected chi connectivity index (χ1v) is 13.5. The van der Waals surface area contributed by atoms with E-state index in [0.717, 1.165) is 74.8 Å². The van der Waals surface area contributed by atoms with Crippen molar-refractivity contribution in [2.75, 3.05) is 13.2 Å². The maximum absolute atomic E-state index is 13.6. The van der Waals surface area contributed by atoms with E-state index in [1.165, 1.54) is 5.56 Å². The third kappa shape index (κ3) is 4.73. The highest BCUT2D eigenvalue weighted by Crippen LogP contribution is 2.45. The fourth-order valence-electron chi connectivity index (χ4n) is 5.68. The maximum Gasteiger partial charge on any atom is 0.339 e. The number of esters is 1. The first kappa shape index (κ1) is 26.1. The first-order chi connectivity index (χ1) is 18.2. The summed E-state index contributed by atoms with van der Waals surface area (Å²) in [6, 6.07) is 12.3. The van der Waals surface area contributed by atoms with Gasteiger partial charge in [-0.1, -0.05) is 19.4 Å². The molecule has 0 saturated heterocycles. The Hall–Kier alpha value is -3.51. The molecule has 0 N–H and O–H groups in total. The zero-order chi connectivity index (χ0) is 27.0. The molecule has 6 heteroatoms. The average Bonchev–Trinajstić information content (AvgIpc) is 2.87. The molecule has 1 atom stereocenters. The summed E-state index contributed by atoms with van der Waals surface area (Å²) in [5, 5.41) is 1.97. The van der Waals surface area contributed by atoms with E-state index in [4.69, 9.17) is 24.2 Å². The van der Waals surface area contributed by atoms with Crippen LogP contribution in [0.5, 0.6) is 5.75 Å². The maximum atomic E-state index is 13.6. The Labute approximate surface area is 224 Å². The Morgan fingerprint density at radius 1 is 1.13 bits per heavy atom. The van der Waals surface area contributed by atoms with Crippen LogP contribution in [0, 0.1) is 13.8 Å². The number of benzene rings is 2. The van der Waals surface area contributed by atoms with Crippen molar-refractivity contribution < 1.29 is 19.0 Å². The highest BCUT2D eigenvalue weighted by molar-refractivity contribution is 6.08. The molecule has 3 heterocycles. The number of pyridine rings is 2. The van der Waals surface area contributed by atoms with Gasteiger partial charge in [-0.3, -0.25) is 9.97 Å². The summed E-state index contributed by atoms with van der Waals surface area (Å²) in [4.78, 5) is 23.3. The van der Waals surface area contributed by atoms with Crippen LogP contribution in [0.2, 0.25) is 0 Å². The molecule has 0 saturated carbocycles. The molecular formula is C32H36N2O4. The van der Waals surface area contributed by atoms with Gasteiger partial charge >= 0.3 is 5.97 Å². The van der Waals surface area contributed by atoms with Crippen LogP contribution in [0.4, 0.5) is 0 Å². The summed E-state index contributed by atoms with van der Waals surface area (Å²) in [5.41, 5.74) is 6.89. The molecule has 1 aliphatic heterocycles. The smallest absolute Gasteiger partial charge is 0.339 e. The standard InChI is InChI=1S/C32H36N2O4/c1-7-15-32(5,6)38-30(31(35)36-8-2)26-19(3)18-24-22(10-9-20(4)34-24)28(26)23-11-12-25-27-21(14-17-37-25)13-16-33-29(23)27/h9-13,16,18,30H,7-8,14-15,17H2,1-6H3/t30-/m0/s1. The van der Waals surface area contributed by atoms with E-state index < -0.39 is 11.7 Å². The lowest BCUT2D eigenvalue weighted by atomic mass is 9.86. The van der Waals surface area contributed by atoms with E-state index in [1.54, 1.807) is 0 Å². The van der Waals surface area contributed by atoms with E-state index in [0.29, 0.717) is 6.61 Å². The molecule has 0 unspecified atom stereocenters. The second kappa shape index (κ2) is 10.3. The monoisotopic (exact) mass is 512 g/mol. The normalized spacial score (nSPS) is 13.9. The van der Waals surface area contributed by atoms with Gasteiger partial charge in [0.2, 0.25) is 0 Å². The molecule has 0 aliphatic carbocycles. The number of carbonyl (C=O) groups excluding carboxylic acids is 1. The van der Waals surface area contributed by atoms with Crippen molar-refractivity contribution in [3.05, 3.63) is 65.0 Å². The highest BCUT2D eigenvalue weighted by atomic mass is 16.6. The summed E-state index contributed by atoms with van der Waals surface area (Å²) in [6.07, 6.45) is 3.54. The van der Waals surface area contributed by atoms with Gasteiger partial charge in [-0.2, -0.15) is 0 Å². The predicted octanol–water partition coefficient (Wildman–Crippen LogP) is 7.20. The zero-order valence-corrected chi connectivity index (χ0v) is 23.2. The van der Waals surface area contributed by atoms with E-state index in [-0.39, 0.29) is 12.6 Å². The van der Waals surface area contributed by atoms with Crippen LogP contribution in [-0.4, -0.2) is 34.8 Å². The molecule has 0 amide bonds. The van der Waals surface area contributed by atoms with Gasteiger partial charge in [-0.15, -0.1) is 0 Å². The Kier molecular flexibility index (Phi) is 7.10. The topological polar surface area (TPSA) is 70.5 Å². The second-order valence-corrected chi connectivity index (χ2v) is 10.7. The van der Waals surface area contributed by atoms with Crippen LogP contribution in [0.15, 0.2) is 42.6 Å². The Morgan fingerprint density at radius 2 is 1.95 bits per heavy atom. The minimum atomic E-state index is -0.903. The number of nitrogens with zero attached hydrogens (tertiary/aromatic N) is 2. The molecule has 0 bridgehead atoms. The number of rotatable bonds is 8. The van der Waals surface area contributed by atoms with Crippen LogP contribution in [0.25, 0.3) is 32.9 Å². The van der Waals surface area contributed by atoms with Gasteiger partial charge in [-0.05, 0) is 88.1 Å². The van der Waals surface area contributed by atoms with E-state index in [9.17, 15) is 4.79 Å². The summed E-state index contributed by atoms with van der Waals surface area (Å²) >= 11 is 0. The lowest BCUT2D eigenvalue weighted by Crippen LogP contribution is -2.32. The lowest BCUT2D eigenvalue weighted by Gasteiger charge is -2.32. The van der Waals surface area contributed by atoms with Gasteiger partial charge in [0.15, 0.2) is 6.10 Å². The minimum Gasteiger partial charge on any atom is -0.493 e. The molecule has 4 aromatic rings. The molecule has 0 fully saturated rings. The van der Waals surface area contributed by atoms with Crippen LogP contribution < -0.4 is 4.74 Å². The van der Waals surface area contributed by atoms with Crippen molar-refractivity contribution in [3.8, 4) is 16.9 Å². The molecule has 2 aromatic carbocycles. The fraction of sp³-hybridized carbons (Fsp3) is 0.406. The number of fused-ring (bicyclic) bond motifs is 1. The fourth-order valence-corrected chi connectivity index (χ4v) is 5.68. The van der Waals surface area contributed by atoms with Gasteiger partial charge in [0.1, 0.15) is 5.75 Å². The zero-order valence-electron chi connectivity index (χ0n) is 23.2. The van der Waals surface area contributed by atoms with Gasteiger partial charge < -0.3 is 14.2 Å². The van der Waals surface area contributed by atoms with Crippen molar-refractivity contribution in [1.29, 1.82) is 0 Å². The SMILES string of the molecule is CCCC(C)(C)O[C@H](C(=O)OCC)c1c(C)cc2nc(C)ccc2c1-c1ccc2c3c(ccnc13)CCO2. The van der Waals surface area contributed by atoms with Gasteiger partial charge in [0, 0.05) is 40.2 Å². The van der Waals surface area contributed by atoms with Crippen LogP contribution in [0.1, 0.15) is 69.0 Å². The van der Waals surface area contributed by atoms with Crippen LogP contribution in [0.3, 0.4) is 0 Å². The molecule has 2 aromatic heterocycles. The van der Waals surface area contributed by atoms with Crippen molar-refractivity contribution in [2.24, 2.45) is 0 Å². The van der Waals surface area contributed by atoms with Crippen molar-refractivity contribution in [3.63, 3.8) is 0 Å². The molecule has 198 valence electrons. The summed E-state index contributed by atoms with van der Waals surface area (Å²) < 4.78 is 18.2. The number of aryl methyl sites for hydroxylation is 2. The van der Waals surface area contributed by atoms with E-state index >= 15 is 0 Å². The minimum absolute atomic E-state index is 0.273. The van der Waals surface area contributed by atoms with Crippen molar-refractivity contribution in [1.82, 2.24) is 9.97 Å². The van der Waals surface area contributed by atoms with Crippen LogP contribution >= 0.6 is 0 Å². The Balaban J connectivity index is 1.86. The van der Waals surface area contributed by atoms with Crippen molar-refractivity contribution in [2.45, 2.75) is 72.5 Å². The molecule has 6 nitrogen and oxygen atoms in total. The lowest BCUT2D eigenvalue weighted by molar-refractivity contribution is -0.169. The quantitative estimate of drug-likeness (QED) is 0.233. The van der Waals surface area contributed by atoms with Crippen molar-refractivity contribution >= 4 is 27.8 Å². The molecule has 38 heavy (non-hydrogen) atoms. The summed E-state index contributed by atoms with van der Waals surface area (Å²) in [5.74, 6) is 0.451. The first-order valence-electron chi connectivity index (χ1n) is 13.5. The van der Waals surface area contributed by atoms with Gasteiger partial charge in [0.25, 0.3) is 0 Å². The average molecular weight is 513 g/mol. The number of hydrogen-bond donors (Lipinski definition) is 0. The molecule has 1 aliphatic rings. The van der Waals surface area contributed by atoms with Gasteiger partial charge in [0.05, 0.1) is 29.8 Å². The molecule has 0 spiro atoms. The number of carbonyl (C=O) groups is 1. The number of ether oxygens (including phenoxy) is 3. The summed E-state index contributed by atoms with van der Waals surface area (Å²) in [6.45, 7) is 12.9.